The number of piperidine rings is 1. The average Bonchev–Trinajstić information content (AvgIpc) is 1.70. The van der Waals surface area contributed by atoms with Gasteiger partial charge in [0, 0.05) is 134 Å². The fraction of sp³-hybridized carbons (Fsp3) is 0.626. The number of nitrogens with zero attached hydrogens (tertiary/aromatic N) is 8. The largest absolute Gasteiger partial charge is 0.481 e. The number of hydrogen-bond donors (Lipinski definition) is 10. The smallest absolute Gasteiger partial charge is 0.409 e. The first-order valence-corrected chi connectivity index (χ1v) is 45.2. The molecular formula is C91H143N17O18S. The van der Waals surface area contributed by atoms with Gasteiger partial charge in [0.2, 0.25) is 53.2 Å². The molecule has 0 bridgehead atoms. The maximum absolute atomic E-state index is 14.4. The molecule has 0 spiro atoms. The van der Waals surface area contributed by atoms with E-state index in [1.165, 1.54) is 37.4 Å². The summed E-state index contributed by atoms with van der Waals surface area (Å²) in [6.45, 7) is 22.2. The first-order valence-electron chi connectivity index (χ1n) is 44.3. The number of amides is 12. The minimum Gasteiger partial charge on any atom is -0.481 e. The molecule has 2 aliphatic rings. The average molecular weight is 1800 g/mol. The van der Waals surface area contributed by atoms with Crippen molar-refractivity contribution in [3.8, 4) is 0 Å². The minimum absolute atomic E-state index is 0.00210. The quantitative estimate of drug-likeness (QED) is 0.0169. The van der Waals surface area contributed by atoms with Crippen LogP contribution in [-0.4, -0.2) is 279 Å². The zero-order valence-corrected chi connectivity index (χ0v) is 78.3. The third-order valence-corrected chi connectivity index (χ3v) is 24.1. The van der Waals surface area contributed by atoms with Crippen LogP contribution in [0.1, 0.15) is 174 Å². The van der Waals surface area contributed by atoms with Gasteiger partial charge in [-0.05, 0) is 131 Å². The number of rotatable bonds is 50. The molecule has 0 unspecified atom stereocenters. The Balaban J connectivity index is 0.000000446. The maximum atomic E-state index is 14.4. The first-order chi connectivity index (χ1) is 60.7. The van der Waals surface area contributed by atoms with Crippen molar-refractivity contribution in [3.63, 3.8) is 0 Å². The van der Waals surface area contributed by atoms with E-state index in [1.807, 2.05) is 132 Å². The lowest BCUT2D eigenvalue weighted by Crippen LogP contribution is -2.60. The Bertz CT molecular complexity index is 4230. The SMILES string of the molecule is CC[C@H](C)[C@@H]([C@@H](CC(=O)N1CCC[C@H]1[C@H](OC)[C@@H](C)C(=O)N[C@@H](Cc1ccccc1)c1nccs1)OC)N(C)C(=O)[C@@H](NC(=O)[C@H](C(C)C)N(C)C(=O)OC)C(C)C.CCc1ccc(NC(=O)[C@H](CCCNC(N)=O)NC(=O)[C@@H](NC(=O)CCC(=O)N(CCOCCOCCC(=O)O)C2CCN(C(=O)CCn3c(CNC)cc4cccnc43)CC2)C(C)C)cc1.CN. The van der Waals surface area contributed by atoms with Crippen molar-refractivity contribution in [2.24, 2.45) is 41.1 Å². The van der Waals surface area contributed by atoms with Crippen LogP contribution in [0.5, 0.6) is 0 Å². The molecule has 11 atom stereocenters. The molecule has 2 aromatic carbocycles. The number of thiazole rings is 1. The molecule has 0 saturated carbocycles. The van der Waals surface area contributed by atoms with Gasteiger partial charge in [0.25, 0.3) is 0 Å². The number of pyridine rings is 1. The second kappa shape index (κ2) is 56.2. The standard InChI is InChI=1S/C47H70N10O10.C43H68N6O8S.CH5N/c1-5-33-10-12-35(13-11-33)52-45(63)38(9-7-21-51-47(48)65)53-46(64)43(32(2)3)54-39(58)14-15-41(60)56(25-27-67-29-28-66-26-19-42(61)62)36-16-22-55(23-17-36)40(59)18-24-57-37(31-49-4)30-34-8-6-20-50-44(34)57;1-13-28(6)37(47(8)42(53)35(26(2)3)46-40(52)36(27(4)5)48(9)43(54)57-12)33(55-10)25-34(50)49-22-17-20-32(49)38(56-11)29(7)39(51)45-31(41-44-21-23-58-41)24-30-18-15-14-16-19-30;1-2/h6,8,10-13,20,30,32,36,38,43,49H,5,7,9,14-19,21-29,31H2,1-4H3,(H,52,63)(H,53,64)(H,54,58)(H,61,62)(H3,48,51,65);14-16,18-19,21,23,26-29,31-33,35-38H,13,17,20,22,24-25H2,1-12H3,(H,45,51)(H,46,52);2H2,1H3/t38-,43-;28-,29+,31-,32-,33+,35-,36-,37-,38+;/m00./s1. The van der Waals surface area contributed by atoms with Crippen LogP contribution in [0.25, 0.3) is 11.0 Å². The number of methoxy groups -OCH3 is 3. The molecule has 35 nitrogen and oxygen atoms in total. The van der Waals surface area contributed by atoms with Crippen molar-refractivity contribution in [2.45, 2.75) is 233 Å². The van der Waals surface area contributed by atoms with E-state index in [9.17, 15) is 57.5 Å². The van der Waals surface area contributed by atoms with Gasteiger partial charge in [0.1, 0.15) is 34.8 Å². The molecule has 12 amide bonds. The summed E-state index contributed by atoms with van der Waals surface area (Å²) in [5.41, 5.74) is 14.3. The second-order valence-electron chi connectivity index (χ2n) is 33.1. The van der Waals surface area contributed by atoms with E-state index < -0.39 is 90.1 Å². The number of benzene rings is 2. The Kier molecular flexibility index (Phi) is 47.4. The van der Waals surface area contributed by atoms with Gasteiger partial charge in [0.15, 0.2) is 0 Å². The Morgan fingerprint density at radius 2 is 1.35 bits per heavy atom. The summed E-state index contributed by atoms with van der Waals surface area (Å²) in [4.78, 5) is 176. The number of likely N-dealkylation sites (N-methyl/N-ethyl adjacent to an activating group) is 2. The lowest BCUT2D eigenvalue weighted by atomic mass is 9.89. The predicted molar refractivity (Wildman–Crippen MR) is 486 cm³/mol. The van der Waals surface area contributed by atoms with E-state index in [0.717, 1.165) is 45.7 Å². The summed E-state index contributed by atoms with van der Waals surface area (Å²) >= 11 is 1.49. The zero-order valence-electron chi connectivity index (χ0n) is 77.5. The van der Waals surface area contributed by atoms with E-state index in [1.54, 1.807) is 69.4 Å². The fourth-order valence-electron chi connectivity index (χ4n) is 16.1. The summed E-state index contributed by atoms with van der Waals surface area (Å²) in [6.07, 6.45) is 6.45. The van der Waals surface area contributed by atoms with Crippen molar-refractivity contribution >= 4 is 99.3 Å². The Morgan fingerprint density at radius 3 is 1.94 bits per heavy atom. The number of aryl methyl sites for hydroxylation is 2. The molecule has 5 heterocycles. The number of likely N-dealkylation sites (tertiary alicyclic amines) is 2. The molecule has 3 aromatic heterocycles. The number of nitrogens with two attached hydrogens (primary N) is 2. The van der Waals surface area contributed by atoms with Crippen molar-refractivity contribution in [2.75, 3.05) is 114 Å². The van der Waals surface area contributed by atoms with Crippen molar-refractivity contribution in [1.82, 2.24) is 70.9 Å². The predicted octanol–water partition coefficient (Wildman–Crippen LogP) is 7.43. The lowest BCUT2D eigenvalue weighted by Gasteiger charge is -2.41. The maximum Gasteiger partial charge on any atom is 0.409 e. The molecule has 0 radical (unpaired) electrons. The highest BCUT2D eigenvalue weighted by Gasteiger charge is 2.45. The molecule has 706 valence electrons. The van der Waals surface area contributed by atoms with Crippen LogP contribution in [0.3, 0.4) is 0 Å². The third-order valence-electron chi connectivity index (χ3n) is 23.2. The molecule has 36 heteroatoms. The number of nitrogens with one attached hydrogen (secondary N) is 7. The highest BCUT2D eigenvalue weighted by atomic mass is 32.1. The van der Waals surface area contributed by atoms with Crippen LogP contribution in [0.15, 0.2) is 90.6 Å². The summed E-state index contributed by atoms with van der Waals surface area (Å²) in [5.74, 6) is -5.53. The minimum atomic E-state index is -1.03. The number of urea groups is 1. The molecular weight excluding hydrogens is 1650 g/mol. The number of aliphatic carboxylic acids is 1. The van der Waals surface area contributed by atoms with Gasteiger partial charge in [-0.25, -0.2) is 19.6 Å². The van der Waals surface area contributed by atoms with Crippen LogP contribution in [0.4, 0.5) is 15.3 Å². The Morgan fingerprint density at radius 1 is 0.677 bits per heavy atom. The zero-order chi connectivity index (χ0) is 94.0. The van der Waals surface area contributed by atoms with Gasteiger partial charge in [-0.3, -0.25) is 52.8 Å². The van der Waals surface area contributed by atoms with Gasteiger partial charge < -0.3 is 102 Å². The number of anilines is 1. The number of primary amides is 1. The van der Waals surface area contributed by atoms with Gasteiger partial charge in [-0.1, -0.05) is 118 Å². The van der Waals surface area contributed by atoms with E-state index in [2.05, 4.69) is 63.6 Å². The van der Waals surface area contributed by atoms with E-state index in [4.69, 9.17) is 34.5 Å². The molecule has 2 saturated heterocycles. The second-order valence-corrected chi connectivity index (χ2v) is 34.0. The van der Waals surface area contributed by atoms with Gasteiger partial charge in [-0.15, -0.1) is 11.3 Å². The Hall–Kier alpha value is -10.2. The van der Waals surface area contributed by atoms with Crippen molar-refractivity contribution in [1.29, 1.82) is 0 Å². The molecule has 2 aliphatic heterocycles. The fourth-order valence-corrected chi connectivity index (χ4v) is 16.8. The molecule has 7 rings (SSSR count). The number of ether oxygens (including phenoxy) is 5. The van der Waals surface area contributed by atoms with Crippen molar-refractivity contribution in [3.05, 3.63) is 112 Å². The first kappa shape index (κ1) is 107. The monoisotopic (exact) mass is 1790 g/mol. The molecule has 0 aliphatic carbocycles. The van der Waals surface area contributed by atoms with E-state index in [-0.39, 0.29) is 149 Å². The molecule has 12 N–H and O–H groups in total. The number of carboxylic acid groups (broad SMARTS) is 1. The highest BCUT2D eigenvalue weighted by Crippen LogP contribution is 2.32. The number of fused-ring (bicyclic) bond motifs is 1. The third kappa shape index (κ3) is 33.7. The van der Waals surface area contributed by atoms with E-state index >= 15 is 0 Å². The van der Waals surface area contributed by atoms with Crippen molar-refractivity contribution < 1.29 is 86.3 Å². The Labute approximate surface area is 753 Å². The molecule has 5 aromatic rings. The van der Waals surface area contributed by atoms with Crippen LogP contribution >= 0.6 is 11.3 Å². The van der Waals surface area contributed by atoms with Gasteiger partial charge >= 0.3 is 18.1 Å². The number of hydrogen-bond acceptors (Lipinski definition) is 22. The number of aromatic nitrogens is 3. The summed E-state index contributed by atoms with van der Waals surface area (Å²) in [6, 6.07) is 17.3. The summed E-state index contributed by atoms with van der Waals surface area (Å²) in [7, 11) is 10.9. The van der Waals surface area contributed by atoms with Gasteiger partial charge in [0.05, 0.1) is 82.6 Å². The number of carbonyl (C=O) groups is 12. The summed E-state index contributed by atoms with van der Waals surface area (Å²) in [5, 5.41) is 32.8. The molecule has 2 fully saturated rings. The highest BCUT2D eigenvalue weighted by molar-refractivity contribution is 7.09. The van der Waals surface area contributed by atoms with Crippen LogP contribution in [-0.2, 0) is 97.6 Å². The van der Waals surface area contributed by atoms with Crippen LogP contribution < -0.4 is 48.7 Å². The normalized spacial score (nSPS) is 15.7. The van der Waals surface area contributed by atoms with Gasteiger partial charge in [-0.2, -0.15) is 0 Å². The topological polar surface area (TPSA) is 454 Å². The summed E-state index contributed by atoms with van der Waals surface area (Å²) < 4.78 is 30.1. The van der Waals surface area contributed by atoms with Crippen LogP contribution in [0, 0.1) is 29.6 Å². The number of carboxylic acids is 1. The van der Waals surface area contributed by atoms with Crippen LogP contribution in [0.2, 0.25) is 0 Å². The molecule has 127 heavy (non-hydrogen) atoms. The number of carbonyl (C=O) groups excluding carboxylic acids is 11. The lowest BCUT2D eigenvalue weighted by molar-refractivity contribution is -0.148. The van der Waals surface area contributed by atoms with E-state index in [0.29, 0.717) is 76.9 Å².